The number of nitrogens with one attached hydrogen (secondary N) is 1. The van der Waals surface area contributed by atoms with E-state index in [-0.39, 0.29) is 0 Å². The molecule has 0 aliphatic rings. The fourth-order valence-corrected chi connectivity index (χ4v) is 3.08. The summed E-state index contributed by atoms with van der Waals surface area (Å²) in [5, 5.41) is 7.90. The zero-order valence-corrected chi connectivity index (χ0v) is 12.2. The second-order valence-corrected chi connectivity index (χ2v) is 5.53. The molecule has 20 heavy (non-hydrogen) atoms. The van der Waals surface area contributed by atoms with E-state index in [1.54, 1.807) is 23.7 Å². The summed E-state index contributed by atoms with van der Waals surface area (Å²) in [6.07, 6.45) is 4.48. The molecule has 1 unspecified atom stereocenters. The van der Waals surface area contributed by atoms with Crippen LogP contribution in [0, 0.1) is 0 Å². The fraction of sp³-hybridized carbons (Fsp3) is 0.250. The fourth-order valence-electron chi connectivity index (χ4n) is 2.40. The molecule has 3 rings (SSSR count). The van der Waals surface area contributed by atoms with Crippen LogP contribution in [0.4, 0.5) is 0 Å². The summed E-state index contributed by atoms with van der Waals surface area (Å²) in [4.78, 5) is 8.72. The van der Waals surface area contributed by atoms with Gasteiger partial charge in [0.2, 0.25) is 0 Å². The molecule has 0 aliphatic heterocycles. The van der Waals surface area contributed by atoms with Gasteiger partial charge in [0, 0.05) is 18.4 Å². The van der Waals surface area contributed by atoms with E-state index in [0.717, 1.165) is 24.0 Å². The van der Waals surface area contributed by atoms with Crippen molar-refractivity contribution in [2.75, 3.05) is 6.54 Å². The van der Waals surface area contributed by atoms with Crippen LogP contribution in [0.2, 0.25) is 0 Å². The van der Waals surface area contributed by atoms with Crippen molar-refractivity contribution in [2.24, 2.45) is 0 Å². The quantitative estimate of drug-likeness (QED) is 0.777. The molecule has 1 atom stereocenters. The Bertz CT molecular complexity index is 679. The summed E-state index contributed by atoms with van der Waals surface area (Å²) >= 11 is 1.75. The van der Waals surface area contributed by atoms with Gasteiger partial charge >= 0.3 is 0 Å². The maximum atomic E-state index is 4.39. The van der Waals surface area contributed by atoms with Gasteiger partial charge in [0.15, 0.2) is 0 Å². The molecule has 4 heteroatoms. The van der Waals surface area contributed by atoms with Crippen molar-refractivity contribution in [1.29, 1.82) is 0 Å². The minimum absolute atomic E-state index is 0.320. The zero-order valence-electron chi connectivity index (χ0n) is 11.4. The molecule has 3 nitrogen and oxygen atoms in total. The number of likely N-dealkylation sites (N-methyl/N-ethyl adjacent to an activating group) is 1. The SMILES string of the molecule is CCNC(Cc1ccsc1)c1ccc2nccnc2c1. The lowest BCUT2D eigenvalue weighted by Gasteiger charge is -2.18. The normalized spacial score (nSPS) is 12.7. The molecule has 0 radical (unpaired) electrons. The molecular weight excluding hydrogens is 266 g/mol. The second-order valence-electron chi connectivity index (χ2n) is 4.75. The van der Waals surface area contributed by atoms with Crippen molar-refractivity contribution in [3.05, 3.63) is 58.5 Å². The van der Waals surface area contributed by atoms with Crippen molar-refractivity contribution < 1.29 is 0 Å². The van der Waals surface area contributed by atoms with Gasteiger partial charge in [-0.3, -0.25) is 9.97 Å². The molecule has 0 spiro atoms. The Morgan fingerprint density at radius 2 is 2.00 bits per heavy atom. The van der Waals surface area contributed by atoms with Crippen molar-refractivity contribution in [3.8, 4) is 0 Å². The molecule has 0 amide bonds. The lowest BCUT2D eigenvalue weighted by Crippen LogP contribution is -2.22. The number of thiophene rings is 1. The Morgan fingerprint density at radius 1 is 1.15 bits per heavy atom. The lowest BCUT2D eigenvalue weighted by atomic mass is 10.00. The van der Waals surface area contributed by atoms with E-state index in [0.29, 0.717) is 6.04 Å². The number of hydrogen-bond donors (Lipinski definition) is 1. The molecule has 102 valence electrons. The number of fused-ring (bicyclic) bond motifs is 1. The summed E-state index contributed by atoms with van der Waals surface area (Å²) in [5.74, 6) is 0. The van der Waals surface area contributed by atoms with Crippen LogP contribution in [0.15, 0.2) is 47.4 Å². The van der Waals surface area contributed by atoms with Gasteiger partial charge in [-0.2, -0.15) is 11.3 Å². The highest BCUT2D eigenvalue weighted by Crippen LogP contribution is 2.22. The van der Waals surface area contributed by atoms with Crippen LogP contribution in [0.3, 0.4) is 0 Å². The molecule has 3 aromatic rings. The van der Waals surface area contributed by atoms with Crippen LogP contribution in [0.5, 0.6) is 0 Å². The van der Waals surface area contributed by atoms with E-state index in [1.807, 2.05) is 0 Å². The number of nitrogens with zero attached hydrogens (tertiary/aromatic N) is 2. The van der Waals surface area contributed by atoms with Gasteiger partial charge in [0.05, 0.1) is 11.0 Å². The Hall–Kier alpha value is -1.78. The zero-order chi connectivity index (χ0) is 13.8. The Labute approximate surface area is 122 Å². The maximum Gasteiger partial charge on any atom is 0.0890 e. The first-order valence-electron chi connectivity index (χ1n) is 6.82. The second kappa shape index (κ2) is 6.11. The standard InChI is InChI=1S/C16H17N3S/c1-2-17-15(9-12-5-8-20-11-12)13-3-4-14-16(10-13)19-7-6-18-14/h3-8,10-11,15,17H,2,9H2,1H3. The molecule has 2 heterocycles. The predicted octanol–water partition coefficient (Wildman–Crippen LogP) is 3.58. The van der Waals surface area contributed by atoms with Crippen LogP contribution < -0.4 is 5.32 Å². The summed E-state index contributed by atoms with van der Waals surface area (Å²) in [7, 11) is 0. The lowest BCUT2D eigenvalue weighted by molar-refractivity contribution is 0.551. The first-order valence-corrected chi connectivity index (χ1v) is 7.76. The summed E-state index contributed by atoms with van der Waals surface area (Å²) in [6, 6.07) is 8.85. The first-order chi connectivity index (χ1) is 9.86. The molecule has 0 aliphatic carbocycles. The van der Waals surface area contributed by atoms with Crippen molar-refractivity contribution >= 4 is 22.4 Å². The topological polar surface area (TPSA) is 37.8 Å². The van der Waals surface area contributed by atoms with Crippen LogP contribution in [-0.4, -0.2) is 16.5 Å². The number of rotatable bonds is 5. The van der Waals surface area contributed by atoms with Crippen molar-refractivity contribution in [1.82, 2.24) is 15.3 Å². The average molecular weight is 283 g/mol. The molecule has 0 saturated heterocycles. The molecule has 2 aromatic heterocycles. The van der Waals surface area contributed by atoms with Gasteiger partial charge in [-0.15, -0.1) is 0 Å². The Balaban J connectivity index is 1.91. The largest absolute Gasteiger partial charge is 0.310 e. The third kappa shape index (κ3) is 2.86. The smallest absolute Gasteiger partial charge is 0.0890 e. The van der Waals surface area contributed by atoms with Crippen LogP contribution in [0.1, 0.15) is 24.1 Å². The minimum Gasteiger partial charge on any atom is -0.310 e. The molecule has 1 N–H and O–H groups in total. The Kier molecular flexibility index (Phi) is 4.04. The van der Waals surface area contributed by atoms with Gasteiger partial charge in [0.25, 0.3) is 0 Å². The van der Waals surface area contributed by atoms with Crippen LogP contribution >= 0.6 is 11.3 Å². The van der Waals surface area contributed by atoms with Crippen molar-refractivity contribution in [2.45, 2.75) is 19.4 Å². The number of aromatic nitrogens is 2. The summed E-state index contributed by atoms with van der Waals surface area (Å²) in [5.41, 5.74) is 4.55. The highest BCUT2D eigenvalue weighted by Gasteiger charge is 2.12. The monoisotopic (exact) mass is 283 g/mol. The molecule has 0 fully saturated rings. The average Bonchev–Trinajstić information content (AvgIpc) is 2.99. The Morgan fingerprint density at radius 3 is 2.75 bits per heavy atom. The third-order valence-corrected chi connectivity index (χ3v) is 4.10. The van der Waals surface area contributed by atoms with Crippen LogP contribution in [0.25, 0.3) is 11.0 Å². The van der Waals surface area contributed by atoms with Gasteiger partial charge in [0.1, 0.15) is 0 Å². The van der Waals surface area contributed by atoms with E-state index in [4.69, 9.17) is 0 Å². The highest BCUT2D eigenvalue weighted by atomic mass is 32.1. The third-order valence-electron chi connectivity index (χ3n) is 3.37. The van der Waals surface area contributed by atoms with E-state index in [9.17, 15) is 0 Å². The van der Waals surface area contributed by atoms with Crippen molar-refractivity contribution in [3.63, 3.8) is 0 Å². The summed E-state index contributed by atoms with van der Waals surface area (Å²) < 4.78 is 0. The molecule has 0 saturated carbocycles. The van der Waals surface area contributed by atoms with E-state index < -0.39 is 0 Å². The predicted molar refractivity (Wildman–Crippen MR) is 84.0 cm³/mol. The molecule has 1 aromatic carbocycles. The van der Waals surface area contributed by atoms with Gasteiger partial charge in [-0.25, -0.2) is 0 Å². The minimum atomic E-state index is 0.320. The first kappa shape index (κ1) is 13.2. The van der Waals surface area contributed by atoms with Gasteiger partial charge in [-0.1, -0.05) is 13.0 Å². The van der Waals surface area contributed by atoms with Gasteiger partial charge in [-0.05, 0) is 53.1 Å². The van der Waals surface area contributed by atoms with E-state index >= 15 is 0 Å². The van der Waals surface area contributed by atoms with E-state index in [1.165, 1.54) is 11.1 Å². The van der Waals surface area contributed by atoms with E-state index in [2.05, 4.69) is 57.2 Å². The number of benzene rings is 1. The van der Waals surface area contributed by atoms with Crippen LogP contribution in [-0.2, 0) is 6.42 Å². The molecule has 0 bridgehead atoms. The molecular formula is C16H17N3S. The maximum absolute atomic E-state index is 4.39. The highest BCUT2D eigenvalue weighted by molar-refractivity contribution is 7.07. The van der Waals surface area contributed by atoms with Gasteiger partial charge < -0.3 is 5.32 Å². The summed E-state index contributed by atoms with van der Waals surface area (Å²) in [6.45, 7) is 3.09. The number of hydrogen-bond acceptors (Lipinski definition) is 4.